The Morgan fingerprint density at radius 3 is 2.56 bits per heavy atom. The number of carbonyl (C=O) groups excluding carboxylic acids is 1. The van der Waals surface area contributed by atoms with Crippen LogP contribution >= 0.6 is 0 Å². The first kappa shape index (κ1) is 22.6. The lowest BCUT2D eigenvalue weighted by Crippen LogP contribution is -2.45. The summed E-state index contributed by atoms with van der Waals surface area (Å²) >= 11 is 0. The Balaban J connectivity index is 1.34. The summed E-state index contributed by atoms with van der Waals surface area (Å²) in [6, 6.07) is 11.4. The number of esters is 1. The lowest BCUT2D eigenvalue weighted by Gasteiger charge is -2.34. The SMILES string of the molecule is CCCCC1OC(=O)c2cc(OCc3ccc(CN4CCN(CC)CC4)c(O)c3)ccc21. The molecule has 2 aliphatic rings. The molecular weight excluding hydrogens is 404 g/mol. The van der Waals surface area contributed by atoms with Gasteiger partial charge in [0.1, 0.15) is 24.2 Å². The van der Waals surface area contributed by atoms with Crippen LogP contribution in [0.2, 0.25) is 0 Å². The van der Waals surface area contributed by atoms with Gasteiger partial charge in [0.05, 0.1) is 5.56 Å². The van der Waals surface area contributed by atoms with Crippen molar-refractivity contribution in [2.75, 3.05) is 32.7 Å². The number of aromatic hydroxyl groups is 1. The molecule has 6 heteroatoms. The van der Waals surface area contributed by atoms with Crippen molar-refractivity contribution in [3.63, 3.8) is 0 Å². The van der Waals surface area contributed by atoms with E-state index in [0.717, 1.165) is 75.2 Å². The molecule has 1 atom stereocenters. The normalized spacial score (nSPS) is 19.1. The second-order valence-corrected chi connectivity index (χ2v) is 8.75. The molecule has 2 aromatic rings. The quantitative estimate of drug-likeness (QED) is 0.581. The van der Waals surface area contributed by atoms with Crippen LogP contribution in [0, 0.1) is 0 Å². The van der Waals surface area contributed by atoms with Crippen LogP contribution in [0.25, 0.3) is 0 Å². The Bertz CT molecular complexity index is 937. The van der Waals surface area contributed by atoms with Gasteiger partial charge in [-0.3, -0.25) is 4.90 Å². The van der Waals surface area contributed by atoms with Gasteiger partial charge >= 0.3 is 5.97 Å². The molecule has 1 unspecified atom stereocenters. The number of phenolic OH excluding ortho intramolecular Hbond substituents is 1. The Hall–Kier alpha value is -2.57. The zero-order valence-corrected chi connectivity index (χ0v) is 19.2. The highest BCUT2D eigenvalue weighted by Gasteiger charge is 2.30. The van der Waals surface area contributed by atoms with E-state index in [2.05, 4.69) is 23.6 Å². The summed E-state index contributed by atoms with van der Waals surface area (Å²) in [6.07, 6.45) is 2.83. The molecule has 0 amide bonds. The summed E-state index contributed by atoms with van der Waals surface area (Å²) in [6.45, 7) is 10.7. The van der Waals surface area contributed by atoms with E-state index in [1.165, 1.54) is 0 Å². The zero-order chi connectivity index (χ0) is 22.5. The molecule has 0 saturated carbocycles. The second kappa shape index (κ2) is 10.4. The largest absolute Gasteiger partial charge is 0.508 e. The highest BCUT2D eigenvalue weighted by molar-refractivity contribution is 5.94. The maximum Gasteiger partial charge on any atom is 0.339 e. The van der Waals surface area contributed by atoms with Gasteiger partial charge in [0.15, 0.2) is 0 Å². The number of ether oxygens (including phenoxy) is 2. The minimum Gasteiger partial charge on any atom is -0.508 e. The third-order valence-corrected chi connectivity index (χ3v) is 6.52. The van der Waals surface area contributed by atoms with Crippen molar-refractivity contribution in [3.8, 4) is 11.5 Å². The molecule has 2 heterocycles. The Kier molecular flexibility index (Phi) is 7.33. The van der Waals surface area contributed by atoms with Crippen molar-refractivity contribution in [3.05, 3.63) is 58.7 Å². The van der Waals surface area contributed by atoms with Gasteiger partial charge in [-0.05, 0) is 43.1 Å². The smallest absolute Gasteiger partial charge is 0.339 e. The van der Waals surface area contributed by atoms with Crippen molar-refractivity contribution in [1.82, 2.24) is 9.80 Å². The van der Waals surface area contributed by atoms with E-state index in [4.69, 9.17) is 9.47 Å². The molecular formula is C26H34N2O4. The Labute approximate surface area is 190 Å². The molecule has 1 N–H and O–H groups in total. The fourth-order valence-corrected chi connectivity index (χ4v) is 4.45. The standard InChI is InChI=1S/C26H34N2O4/c1-3-5-6-25-22-10-9-21(16-23(22)26(30)32-25)31-18-19-7-8-20(24(29)15-19)17-28-13-11-27(4-2)12-14-28/h7-10,15-16,25,29H,3-6,11-14,17-18H2,1-2H3. The molecule has 1 fully saturated rings. The third-order valence-electron chi connectivity index (χ3n) is 6.52. The van der Waals surface area contributed by atoms with Crippen molar-refractivity contribution < 1.29 is 19.4 Å². The van der Waals surface area contributed by atoms with Gasteiger partial charge in [0, 0.05) is 43.9 Å². The first-order valence-corrected chi connectivity index (χ1v) is 11.8. The molecule has 0 spiro atoms. The maximum absolute atomic E-state index is 12.2. The molecule has 172 valence electrons. The minimum atomic E-state index is -0.270. The number of piperazine rings is 1. The van der Waals surface area contributed by atoms with E-state index < -0.39 is 0 Å². The second-order valence-electron chi connectivity index (χ2n) is 8.75. The first-order chi connectivity index (χ1) is 15.6. The molecule has 1 saturated heterocycles. The van der Waals surface area contributed by atoms with Crippen LogP contribution in [0.15, 0.2) is 36.4 Å². The predicted octanol–water partition coefficient (Wildman–Crippen LogP) is 4.51. The van der Waals surface area contributed by atoms with Crippen molar-refractivity contribution in [2.24, 2.45) is 0 Å². The number of cyclic esters (lactones) is 1. The first-order valence-electron chi connectivity index (χ1n) is 11.8. The van der Waals surface area contributed by atoms with Crippen LogP contribution in [0.4, 0.5) is 0 Å². The van der Waals surface area contributed by atoms with Crippen LogP contribution in [-0.2, 0) is 17.9 Å². The number of rotatable bonds is 9. The number of benzene rings is 2. The predicted molar refractivity (Wildman–Crippen MR) is 124 cm³/mol. The number of fused-ring (bicyclic) bond motifs is 1. The van der Waals surface area contributed by atoms with Crippen LogP contribution in [0.1, 0.15) is 66.3 Å². The van der Waals surface area contributed by atoms with Gasteiger partial charge in [0.2, 0.25) is 0 Å². The molecule has 4 rings (SSSR count). The van der Waals surface area contributed by atoms with Crippen molar-refractivity contribution in [1.29, 1.82) is 0 Å². The van der Waals surface area contributed by atoms with Gasteiger partial charge in [-0.15, -0.1) is 0 Å². The topological polar surface area (TPSA) is 62.2 Å². The van der Waals surface area contributed by atoms with Crippen molar-refractivity contribution >= 4 is 5.97 Å². The van der Waals surface area contributed by atoms with Gasteiger partial charge < -0.3 is 19.5 Å². The average molecular weight is 439 g/mol. The Morgan fingerprint density at radius 2 is 1.84 bits per heavy atom. The number of unbranched alkanes of at least 4 members (excludes halogenated alkanes) is 1. The highest BCUT2D eigenvalue weighted by Crippen LogP contribution is 2.36. The third kappa shape index (κ3) is 5.25. The summed E-state index contributed by atoms with van der Waals surface area (Å²) < 4.78 is 11.4. The van der Waals surface area contributed by atoms with Crippen LogP contribution in [0.5, 0.6) is 11.5 Å². The number of nitrogens with zero attached hydrogens (tertiary/aromatic N) is 2. The van der Waals surface area contributed by atoms with Gasteiger partial charge in [-0.2, -0.15) is 0 Å². The summed E-state index contributed by atoms with van der Waals surface area (Å²) in [5, 5.41) is 10.5. The van der Waals surface area contributed by atoms with Gasteiger partial charge in [-0.1, -0.05) is 38.5 Å². The van der Waals surface area contributed by atoms with Gasteiger partial charge in [0.25, 0.3) is 0 Å². The molecule has 0 aliphatic carbocycles. The fourth-order valence-electron chi connectivity index (χ4n) is 4.45. The molecule has 2 aliphatic heterocycles. The zero-order valence-electron chi connectivity index (χ0n) is 19.2. The van der Waals surface area contributed by atoms with E-state index in [1.807, 2.05) is 24.3 Å². The molecule has 0 aromatic heterocycles. The van der Waals surface area contributed by atoms with Crippen LogP contribution in [0.3, 0.4) is 0 Å². The van der Waals surface area contributed by atoms with E-state index >= 15 is 0 Å². The summed E-state index contributed by atoms with van der Waals surface area (Å²) in [7, 11) is 0. The fraction of sp³-hybridized carbons (Fsp3) is 0.500. The maximum atomic E-state index is 12.2. The molecule has 0 bridgehead atoms. The lowest BCUT2D eigenvalue weighted by atomic mass is 10.0. The molecule has 2 aromatic carbocycles. The molecule has 32 heavy (non-hydrogen) atoms. The van der Waals surface area contributed by atoms with Gasteiger partial charge in [-0.25, -0.2) is 4.79 Å². The summed E-state index contributed by atoms with van der Waals surface area (Å²) in [5.41, 5.74) is 3.39. The number of carbonyl (C=O) groups is 1. The monoisotopic (exact) mass is 438 g/mol. The Morgan fingerprint density at radius 1 is 1.06 bits per heavy atom. The van der Waals surface area contributed by atoms with E-state index in [-0.39, 0.29) is 12.1 Å². The van der Waals surface area contributed by atoms with E-state index in [0.29, 0.717) is 23.7 Å². The minimum absolute atomic E-state index is 0.138. The van der Waals surface area contributed by atoms with Crippen molar-refractivity contribution in [2.45, 2.75) is 52.4 Å². The number of hydrogen-bond donors (Lipinski definition) is 1. The highest BCUT2D eigenvalue weighted by atomic mass is 16.5. The molecule has 6 nitrogen and oxygen atoms in total. The summed E-state index contributed by atoms with van der Waals surface area (Å²) in [4.78, 5) is 17.1. The number of hydrogen-bond acceptors (Lipinski definition) is 6. The van der Waals surface area contributed by atoms with Crippen LogP contribution < -0.4 is 4.74 Å². The molecule has 0 radical (unpaired) electrons. The number of likely N-dealkylation sites (N-methyl/N-ethyl adjacent to an activating group) is 1. The lowest BCUT2D eigenvalue weighted by molar-refractivity contribution is 0.0364. The summed E-state index contributed by atoms with van der Waals surface area (Å²) in [5.74, 6) is 0.669. The van der Waals surface area contributed by atoms with Crippen LogP contribution in [-0.4, -0.2) is 53.6 Å². The van der Waals surface area contributed by atoms with E-state index in [9.17, 15) is 9.90 Å². The average Bonchev–Trinajstić information content (AvgIpc) is 3.13. The number of phenols is 1. The van der Waals surface area contributed by atoms with E-state index in [1.54, 1.807) is 12.1 Å².